The monoisotopic (exact) mass is 268 g/mol. The summed E-state index contributed by atoms with van der Waals surface area (Å²) in [7, 11) is 0. The second-order valence-electron chi connectivity index (χ2n) is 6.46. The van der Waals surface area contributed by atoms with E-state index in [0.29, 0.717) is 6.04 Å². The van der Waals surface area contributed by atoms with Gasteiger partial charge in [0.2, 0.25) is 0 Å². The molecule has 2 aliphatic rings. The van der Waals surface area contributed by atoms with Crippen LogP contribution in [0.25, 0.3) is 0 Å². The number of hydrogen-bond donors (Lipinski definition) is 1. The zero-order chi connectivity index (χ0) is 13.8. The molecule has 0 aromatic heterocycles. The van der Waals surface area contributed by atoms with E-state index in [2.05, 4.69) is 23.6 Å². The Bertz CT molecular complexity index is 293. The van der Waals surface area contributed by atoms with Crippen LogP contribution in [0.3, 0.4) is 0 Å². The molecule has 1 aliphatic carbocycles. The van der Waals surface area contributed by atoms with Gasteiger partial charge in [-0.15, -0.1) is 0 Å². The molecule has 0 unspecified atom stereocenters. The molecular formula is C15H28N2O2. The quantitative estimate of drug-likeness (QED) is 0.767. The smallest absolute Gasteiger partial charge is 0.317 e. The number of rotatable bonds is 7. The van der Waals surface area contributed by atoms with Crippen LogP contribution in [0.5, 0.6) is 0 Å². The fraction of sp³-hybridized carbons (Fsp3) is 0.933. The number of piperidine rings is 1. The lowest BCUT2D eigenvalue weighted by Crippen LogP contribution is -2.39. The predicted octanol–water partition coefficient (Wildman–Crippen LogP) is 2.05. The summed E-state index contributed by atoms with van der Waals surface area (Å²) in [5.41, 5.74) is 0. The van der Waals surface area contributed by atoms with E-state index in [-0.39, 0.29) is 6.54 Å². The fourth-order valence-corrected chi connectivity index (χ4v) is 3.22. The zero-order valence-corrected chi connectivity index (χ0v) is 12.3. The molecular weight excluding hydrogens is 240 g/mol. The molecule has 4 nitrogen and oxygen atoms in total. The average molecular weight is 268 g/mol. The molecule has 0 amide bonds. The normalized spacial score (nSPS) is 22.3. The molecule has 0 spiro atoms. The Labute approximate surface area is 116 Å². The van der Waals surface area contributed by atoms with Crippen molar-refractivity contribution in [1.82, 2.24) is 9.80 Å². The van der Waals surface area contributed by atoms with E-state index in [0.717, 1.165) is 25.0 Å². The SMILES string of the molecule is CC(C)N(CCC1CCN(CC(=O)O)CC1)C1CC1. The first kappa shape index (κ1) is 14.8. The molecule has 0 atom stereocenters. The van der Waals surface area contributed by atoms with Gasteiger partial charge in [0.05, 0.1) is 6.54 Å². The summed E-state index contributed by atoms with van der Waals surface area (Å²) in [6, 6.07) is 1.52. The van der Waals surface area contributed by atoms with Gasteiger partial charge in [-0.05, 0) is 71.5 Å². The number of carboxylic acids is 1. The summed E-state index contributed by atoms with van der Waals surface area (Å²) in [5, 5.41) is 8.79. The van der Waals surface area contributed by atoms with Gasteiger partial charge < -0.3 is 5.11 Å². The van der Waals surface area contributed by atoms with E-state index in [1.54, 1.807) is 0 Å². The summed E-state index contributed by atoms with van der Waals surface area (Å²) in [6.45, 7) is 7.96. The third kappa shape index (κ3) is 4.77. The molecule has 1 heterocycles. The minimum atomic E-state index is -0.696. The largest absolute Gasteiger partial charge is 0.480 e. The molecule has 110 valence electrons. The van der Waals surface area contributed by atoms with Crippen LogP contribution < -0.4 is 0 Å². The van der Waals surface area contributed by atoms with Crippen molar-refractivity contribution in [3.05, 3.63) is 0 Å². The van der Waals surface area contributed by atoms with Crippen molar-refractivity contribution in [3.8, 4) is 0 Å². The molecule has 1 N–H and O–H groups in total. The first-order chi connectivity index (χ1) is 9.06. The van der Waals surface area contributed by atoms with Crippen LogP contribution in [0.4, 0.5) is 0 Å². The van der Waals surface area contributed by atoms with Crippen LogP contribution in [0.15, 0.2) is 0 Å². The maximum absolute atomic E-state index is 10.7. The lowest BCUT2D eigenvalue weighted by atomic mass is 9.93. The molecule has 0 radical (unpaired) electrons. The van der Waals surface area contributed by atoms with Crippen molar-refractivity contribution < 1.29 is 9.90 Å². The Hall–Kier alpha value is -0.610. The van der Waals surface area contributed by atoms with E-state index in [4.69, 9.17) is 5.11 Å². The van der Waals surface area contributed by atoms with Crippen LogP contribution in [-0.2, 0) is 4.79 Å². The topological polar surface area (TPSA) is 43.8 Å². The fourth-order valence-electron chi connectivity index (χ4n) is 3.22. The number of likely N-dealkylation sites (tertiary alicyclic amines) is 1. The Morgan fingerprint density at radius 3 is 2.37 bits per heavy atom. The molecule has 1 saturated carbocycles. The number of carbonyl (C=O) groups is 1. The van der Waals surface area contributed by atoms with Crippen LogP contribution in [0, 0.1) is 5.92 Å². The lowest BCUT2D eigenvalue weighted by Gasteiger charge is -2.33. The standard InChI is InChI=1S/C15H28N2O2/c1-12(2)17(14-3-4-14)10-7-13-5-8-16(9-6-13)11-15(18)19/h12-14H,3-11H2,1-2H3,(H,18,19). The van der Waals surface area contributed by atoms with Gasteiger partial charge in [-0.1, -0.05) is 0 Å². The maximum Gasteiger partial charge on any atom is 0.317 e. The van der Waals surface area contributed by atoms with Gasteiger partial charge in [0.25, 0.3) is 0 Å². The van der Waals surface area contributed by atoms with Crippen molar-refractivity contribution in [3.63, 3.8) is 0 Å². The van der Waals surface area contributed by atoms with Crippen molar-refractivity contribution in [1.29, 1.82) is 0 Å². The van der Waals surface area contributed by atoms with Gasteiger partial charge in [-0.2, -0.15) is 0 Å². The maximum atomic E-state index is 10.7. The van der Waals surface area contributed by atoms with Gasteiger partial charge in [-0.3, -0.25) is 14.6 Å². The predicted molar refractivity (Wildman–Crippen MR) is 76.3 cm³/mol. The molecule has 0 aromatic rings. The molecule has 2 fully saturated rings. The first-order valence-corrected chi connectivity index (χ1v) is 7.76. The highest BCUT2D eigenvalue weighted by Gasteiger charge is 2.31. The zero-order valence-electron chi connectivity index (χ0n) is 12.3. The van der Waals surface area contributed by atoms with E-state index in [1.165, 1.54) is 38.6 Å². The molecule has 1 saturated heterocycles. The molecule has 2 rings (SSSR count). The average Bonchev–Trinajstić information content (AvgIpc) is 3.15. The van der Waals surface area contributed by atoms with E-state index in [9.17, 15) is 4.79 Å². The number of hydrogen-bond acceptors (Lipinski definition) is 3. The van der Waals surface area contributed by atoms with Gasteiger partial charge >= 0.3 is 5.97 Å². The minimum Gasteiger partial charge on any atom is -0.480 e. The first-order valence-electron chi connectivity index (χ1n) is 7.76. The molecule has 1 aliphatic heterocycles. The Balaban J connectivity index is 1.66. The Morgan fingerprint density at radius 2 is 1.89 bits per heavy atom. The van der Waals surface area contributed by atoms with Gasteiger partial charge in [0, 0.05) is 12.1 Å². The molecule has 0 aromatic carbocycles. The third-order valence-corrected chi connectivity index (χ3v) is 4.54. The van der Waals surface area contributed by atoms with Crippen LogP contribution in [0.1, 0.15) is 46.0 Å². The van der Waals surface area contributed by atoms with Crippen LogP contribution >= 0.6 is 0 Å². The summed E-state index contributed by atoms with van der Waals surface area (Å²) in [5.74, 6) is 0.100. The van der Waals surface area contributed by atoms with Crippen molar-refractivity contribution in [2.24, 2.45) is 5.92 Å². The second-order valence-corrected chi connectivity index (χ2v) is 6.46. The molecule has 4 heteroatoms. The van der Waals surface area contributed by atoms with E-state index >= 15 is 0 Å². The number of carboxylic acid groups (broad SMARTS) is 1. The lowest BCUT2D eigenvalue weighted by molar-refractivity contribution is -0.138. The van der Waals surface area contributed by atoms with Crippen molar-refractivity contribution >= 4 is 5.97 Å². The minimum absolute atomic E-state index is 0.215. The van der Waals surface area contributed by atoms with Crippen molar-refractivity contribution in [2.45, 2.75) is 58.0 Å². The van der Waals surface area contributed by atoms with E-state index < -0.39 is 5.97 Å². The van der Waals surface area contributed by atoms with Crippen molar-refractivity contribution in [2.75, 3.05) is 26.2 Å². The Kier molecular flexibility index (Phi) is 5.22. The van der Waals surface area contributed by atoms with Gasteiger partial charge in [-0.25, -0.2) is 0 Å². The summed E-state index contributed by atoms with van der Waals surface area (Å²) in [4.78, 5) is 15.4. The molecule has 0 bridgehead atoms. The molecule has 19 heavy (non-hydrogen) atoms. The van der Waals surface area contributed by atoms with Crippen LogP contribution in [-0.4, -0.2) is 59.1 Å². The number of nitrogens with zero attached hydrogens (tertiary/aromatic N) is 2. The highest BCUT2D eigenvalue weighted by atomic mass is 16.4. The second kappa shape index (κ2) is 6.71. The third-order valence-electron chi connectivity index (χ3n) is 4.54. The highest BCUT2D eigenvalue weighted by molar-refractivity contribution is 5.69. The van der Waals surface area contributed by atoms with Crippen LogP contribution in [0.2, 0.25) is 0 Å². The summed E-state index contributed by atoms with van der Waals surface area (Å²) in [6.07, 6.45) is 6.40. The summed E-state index contributed by atoms with van der Waals surface area (Å²) >= 11 is 0. The summed E-state index contributed by atoms with van der Waals surface area (Å²) < 4.78 is 0. The van der Waals surface area contributed by atoms with Gasteiger partial charge in [0.1, 0.15) is 0 Å². The van der Waals surface area contributed by atoms with E-state index in [1.807, 2.05) is 0 Å². The number of aliphatic carboxylic acids is 1. The van der Waals surface area contributed by atoms with Gasteiger partial charge in [0.15, 0.2) is 0 Å². The Morgan fingerprint density at radius 1 is 1.26 bits per heavy atom. The highest BCUT2D eigenvalue weighted by Crippen LogP contribution is 2.30.